The number of hydrogen-bond donors (Lipinski definition) is 0. The van der Waals surface area contributed by atoms with Crippen molar-refractivity contribution in [3.63, 3.8) is 0 Å². The van der Waals surface area contributed by atoms with Crippen LogP contribution >= 0.6 is 0 Å². The lowest BCUT2D eigenvalue weighted by Crippen LogP contribution is -2.06. The maximum Gasteiger partial charge on any atom is 0.496 e. The minimum Gasteiger partial charge on any atom is -0.424 e. The maximum atomic E-state index is 11.2. The van der Waals surface area contributed by atoms with Gasteiger partial charge in [-0.1, -0.05) is 5.92 Å². The zero-order chi connectivity index (χ0) is 6.57. The van der Waals surface area contributed by atoms with Gasteiger partial charge in [0.05, 0.1) is 0 Å². The topological polar surface area (TPSA) is 26.3 Å². The van der Waals surface area contributed by atoms with Gasteiger partial charge in [0.1, 0.15) is 0 Å². The van der Waals surface area contributed by atoms with E-state index in [9.17, 15) is 9.18 Å². The van der Waals surface area contributed by atoms with Gasteiger partial charge in [0, 0.05) is 0 Å². The fourth-order valence-electron chi connectivity index (χ4n) is 0.173. The first-order chi connectivity index (χ1) is 3.66. The quantitative estimate of drug-likeness (QED) is 0.379. The van der Waals surface area contributed by atoms with Gasteiger partial charge in [0.25, 0.3) is 0 Å². The molecule has 0 aromatic carbocycles. The molecule has 8 heavy (non-hydrogen) atoms. The number of rotatable bonds is 1. The van der Waals surface area contributed by atoms with Gasteiger partial charge in [0.2, 0.25) is 0 Å². The van der Waals surface area contributed by atoms with Crippen molar-refractivity contribution >= 4 is 6.22 Å². The van der Waals surface area contributed by atoms with E-state index in [0.717, 1.165) is 0 Å². The molecule has 0 aliphatic carbocycles. The van der Waals surface area contributed by atoms with Crippen LogP contribution in [0.3, 0.4) is 0 Å². The zero-order valence-corrected chi connectivity index (χ0v) is 4.35. The number of hydrogen-bond acceptors (Lipinski definition) is 2. The van der Waals surface area contributed by atoms with E-state index in [1.807, 2.05) is 5.92 Å². The van der Waals surface area contributed by atoms with E-state index in [4.69, 9.17) is 6.42 Å². The van der Waals surface area contributed by atoms with E-state index in [-0.39, 0.29) is 0 Å². The first-order valence-corrected chi connectivity index (χ1v) is 1.99. The maximum absolute atomic E-state index is 11.2. The fourth-order valence-corrected chi connectivity index (χ4v) is 0.173. The second-order valence-corrected chi connectivity index (χ2v) is 1.16. The summed E-state index contributed by atoms with van der Waals surface area (Å²) in [7, 11) is 0. The molecule has 3 heteroatoms. The molecule has 1 atom stereocenters. The van der Waals surface area contributed by atoms with Crippen LogP contribution < -0.4 is 0 Å². The van der Waals surface area contributed by atoms with Crippen LogP contribution in [0, 0.1) is 12.3 Å². The molecule has 0 aromatic heterocycles. The van der Waals surface area contributed by atoms with E-state index >= 15 is 0 Å². The van der Waals surface area contributed by atoms with Gasteiger partial charge in [-0.3, -0.25) is 0 Å². The lowest BCUT2D eigenvalue weighted by molar-refractivity contribution is 0.106. The molecule has 0 amide bonds. The van der Waals surface area contributed by atoms with Gasteiger partial charge in [-0.05, 0) is 6.92 Å². The Kier molecular flexibility index (Phi) is 2.63. The smallest absolute Gasteiger partial charge is 0.424 e. The molecule has 0 radical (unpaired) electrons. The highest BCUT2D eigenvalue weighted by atomic mass is 19.1. The van der Waals surface area contributed by atoms with Crippen molar-refractivity contribution in [3.8, 4) is 12.3 Å². The largest absolute Gasteiger partial charge is 0.496 e. The first-order valence-electron chi connectivity index (χ1n) is 1.99. The van der Waals surface area contributed by atoms with Gasteiger partial charge in [-0.25, -0.2) is 4.79 Å². The summed E-state index contributed by atoms with van der Waals surface area (Å²) in [5.74, 6) is 2.01. The van der Waals surface area contributed by atoms with Gasteiger partial charge in [0.15, 0.2) is 6.10 Å². The molecule has 0 heterocycles. The Morgan fingerprint density at radius 2 is 2.50 bits per heavy atom. The van der Waals surface area contributed by atoms with Crippen molar-refractivity contribution < 1.29 is 13.9 Å². The summed E-state index contributed by atoms with van der Waals surface area (Å²) < 4.78 is 15.0. The molecule has 0 aromatic rings. The van der Waals surface area contributed by atoms with E-state index in [0.29, 0.717) is 0 Å². The predicted octanol–water partition coefficient (Wildman–Crippen LogP) is 1.11. The molecule has 44 valence electrons. The van der Waals surface area contributed by atoms with Gasteiger partial charge >= 0.3 is 6.22 Å². The normalized spacial score (nSPS) is 11.6. The van der Waals surface area contributed by atoms with E-state index < -0.39 is 12.3 Å². The molecular weight excluding hydrogens is 111 g/mol. The minimum atomic E-state index is -1.84. The Hall–Kier alpha value is -1.04. The molecular formula is C5H5FO2. The van der Waals surface area contributed by atoms with Crippen LogP contribution in [0.15, 0.2) is 0 Å². The summed E-state index contributed by atoms with van der Waals surface area (Å²) >= 11 is 0. The van der Waals surface area contributed by atoms with Crippen molar-refractivity contribution in [2.24, 2.45) is 0 Å². The molecule has 0 N–H and O–H groups in total. The molecule has 0 saturated heterocycles. The summed E-state index contributed by atoms with van der Waals surface area (Å²) in [6.07, 6.45) is 2.12. The third kappa shape index (κ3) is 3.16. The summed E-state index contributed by atoms with van der Waals surface area (Å²) in [5.41, 5.74) is 0. The molecule has 0 fully saturated rings. The highest BCUT2D eigenvalue weighted by molar-refractivity contribution is 5.58. The predicted molar refractivity (Wildman–Crippen MR) is 25.9 cm³/mol. The number of carbonyl (C=O) groups excluding carboxylic acids is 1. The summed E-state index contributed by atoms with van der Waals surface area (Å²) in [5, 5.41) is 0. The number of terminal acetylenes is 1. The van der Waals surface area contributed by atoms with Gasteiger partial charge in [-0.15, -0.1) is 10.8 Å². The Balaban J connectivity index is 3.43. The van der Waals surface area contributed by atoms with Crippen molar-refractivity contribution in [1.29, 1.82) is 0 Å². The third-order valence-electron chi connectivity index (χ3n) is 0.504. The zero-order valence-electron chi connectivity index (χ0n) is 4.35. The molecule has 0 bridgehead atoms. The molecule has 2 nitrogen and oxygen atoms in total. The van der Waals surface area contributed by atoms with Crippen LogP contribution in [-0.2, 0) is 4.74 Å². The fraction of sp³-hybridized carbons (Fsp3) is 0.400. The molecule has 0 aliphatic rings. The average molecular weight is 116 g/mol. The Labute approximate surface area is 46.6 Å². The van der Waals surface area contributed by atoms with Crippen molar-refractivity contribution in [2.45, 2.75) is 13.0 Å². The SMILES string of the molecule is C#CC(C)OC(=O)F. The lowest BCUT2D eigenvalue weighted by atomic mass is 10.4. The Morgan fingerprint density at radius 3 is 2.62 bits per heavy atom. The van der Waals surface area contributed by atoms with Gasteiger partial charge < -0.3 is 4.74 Å². The van der Waals surface area contributed by atoms with Crippen LogP contribution in [-0.4, -0.2) is 12.3 Å². The molecule has 0 saturated carbocycles. The minimum absolute atomic E-state index is 0.771. The third-order valence-corrected chi connectivity index (χ3v) is 0.504. The Morgan fingerprint density at radius 1 is 2.00 bits per heavy atom. The monoisotopic (exact) mass is 116 g/mol. The number of ether oxygens (including phenoxy) is 1. The van der Waals surface area contributed by atoms with E-state index in [1.165, 1.54) is 6.92 Å². The summed E-state index contributed by atoms with van der Waals surface area (Å²) in [6, 6.07) is 0. The van der Waals surface area contributed by atoms with E-state index in [1.54, 1.807) is 0 Å². The molecule has 0 aliphatic heterocycles. The molecule has 1 unspecified atom stereocenters. The van der Waals surface area contributed by atoms with E-state index in [2.05, 4.69) is 4.74 Å². The van der Waals surface area contributed by atoms with Gasteiger partial charge in [-0.2, -0.15) is 0 Å². The second kappa shape index (κ2) is 3.03. The molecule has 0 spiro atoms. The van der Waals surface area contributed by atoms with Crippen LogP contribution in [0.2, 0.25) is 0 Å². The van der Waals surface area contributed by atoms with Crippen LogP contribution in [0.4, 0.5) is 9.18 Å². The number of carbonyl (C=O) groups is 1. The van der Waals surface area contributed by atoms with Crippen molar-refractivity contribution in [2.75, 3.05) is 0 Å². The highest BCUT2D eigenvalue weighted by Gasteiger charge is 2.01. The van der Waals surface area contributed by atoms with Crippen LogP contribution in [0.5, 0.6) is 0 Å². The Bertz CT molecular complexity index is 125. The van der Waals surface area contributed by atoms with Crippen LogP contribution in [0.25, 0.3) is 0 Å². The standard InChI is InChI=1S/C5H5FO2/c1-3-4(2)8-5(6)7/h1,4H,2H3. The highest BCUT2D eigenvalue weighted by Crippen LogP contribution is 1.89. The van der Waals surface area contributed by atoms with Crippen molar-refractivity contribution in [3.05, 3.63) is 0 Å². The van der Waals surface area contributed by atoms with Crippen LogP contribution in [0.1, 0.15) is 6.92 Å². The number of halogens is 1. The lowest BCUT2D eigenvalue weighted by Gasteiger charge is -1.98. The first kappa shape index (κ1) is 6.96. The molecule has 0 rings (SSSR count). The van der Waals surface area contributed by atoms with Crippen molar-refractivity contribution in [1.82, 2.24) is 0 Å². The average Bonchev–Trinajstić information content (AvgIpc) is 1.65. The summed E-state index contributed by atoms with van der Waals surface area (Å²) in [6.45, 7) is 1.40. The second-order valence-electron chi connectivity index (χ2n) is 1.16. The summed E-state index contributed by atoms with van der Waals surface area (Å²) in [4.78, 5) is 9.43.